The zero-order valence-corrected chi connectivity index (χ0v) is 13.4. The van der Waals surface area contributed by atoms with Gasteiger partial charge in [-0.05, 0) is 31.2 Å². The van der Waals surface area contributed by atoms with E-state index in [1.165, 1.54) is 0 Å². The van der Waals surface area contributed by atoms with Crippen LogP contribution in [-0.2, 0) is 13.6 Å². The van der Waals surface area contributed by atoms with Crippen molar-refractivity contribution in [3.8, 4) is 17.0 Å². The number of benzene rings is 1. The first-order valence-electron chi connectivity index (χ1n) is 7.27. The van der Waals surface area contributed by atoms with Gasteiger partial charge in [0.2, 0.25) is 0 Å². The van der Waals surface area contributed by atoms with Crippen LogP contribution in [0.5, 0.6) is 5.75 Å². The van der Waals surface area contributed by atoms with Gasteiger partial charge >= 0.3 is 0 Å². The molecule has 2 aromatic heterocycles. The van der Waals surface area contributed by atoms with Gasteiger partial charge in [-0.3, -0.25) is 14.2 Å². The van der Waals surface area contributed by atoms with Gasteiger partial charge < -0.3 is 4.74 Å². The van der Waals surface area contributed by atoms with Crippen LogP contribution in [0.3, 0.4) is 0 Å². The van der Waals surface area contributed by atoms with Crippen LogP contribution in [-0.4, -0.2) is 33.0 Å². The highest BCUT2D eigenvalue weighted by atomic mass is 16.5. The maximum absolute atomic E-state index is 11.0. The Morgan fingerprint density at radius 3 is 2.78 bits per heavy atom. The van der Waals surface area contributed by atoms with Gasteiger partial charge in [-0.25, -0.2) is 0 Å². The number of ether oxygens (including phenoxy) is 1. The van der Waals surface area contributed by atoms with Crippen molar-refractivity contribution in [3.63, 3.8) is 0 Å². The number of carbonyl (C=O) groups excluding carboxylic acids is 1. The van der Waals surface area contributed by atoms with Gasteiger partial charge in [-0.2, -0.15) is 10.2 Å². The van der Waals surface area contributed by atoms with Crippen molar-refractivity contribution in [2.45, 2.75) is 13.5 Å². The smallest absolute Gasteiger partial charge is 0.150 e. The fraction of sp³-hybridized carbons (Fsp3) is 0.235. The molecular weight excluding hydrogens is 292 g/mol. The fourth-order valence-electron chi connectivity index (χ4n) is 2.51. The molecule has 0 saturated heterocycles. The van der Waals surface area contributed by atoms with E-state index in [4.69, 9.17) is 4.74 Å². The highest BCUT2D eigenvalue weighted by molar-refractivity contribution is 5.75. The molecule has 118 valence electrons. The summed E-state index contributed by atoms with van der Waals surface area (Å²) in [5, 5.41) is 8.84. The first-order chi connectivity index (χ1) is 11.1. The predicted octanol–water partition coefficient (Wildman–Crippen LogP) is 2.46. The molecule has 6 heteroatoms. The van der Waals surface area contributed by atoms with Crippen molar-refractivity contribution in [2.75, 3.05) is 7.11 Å². The highest BCUT2D eigenvalue weighted by Gasteiger charge is 2.11. The third kappa shape index (κ3) is 2.88. The van der Waals surface area contributed by atoms with E-state index in [1.54, 1.807) is 19.2 Å². The molecule has 3 aromatic rings. The second-order valence-electron chi connectivity index (χ2n) is 5.35. The molecule has 0 atom stereocenters. The van der Waals surface area contributed by atoms with E-state index in [-0.39, 0.29) is 0 Å². The van der Waals surface area contributed by atoms with Gasteiger partial charge in [0.05, 0.1) is 25.5 Å². The molecule has 0 fully saturated rings. The Bertz CT molecular complexity index is 848. The average molecular weight is 310 g/mol. The number of rotatable bonds is 5. The van der Waals surface area contributed by atoms with Gasteiger partial charge in [-0.1, -0.05) is 0 Å². The number of methoxy groups -OCH3 is 1. The number of hydrogen-bond acceptors (Lipinski definition) is 4. The zero-order chi connectivity index (χ0) is 16.4. The topological polar surface area (TPSA) is 61.9 Å². The molecule has 0 spiro atoms. The summed E-state index contributed by atoms with van der Waals surface area (Å²) in [6.07, 6.45) is 4.56. The lowest BCUT2D eigenvalue weighted by atomic mass is 10.1. The van der Waals surface area contributed by atoms with E-state index in [1.807, 2.05) is 47.9 Å². The second kappa shape index (κ2) is 6.08. The Hall–Kier alpha value is -2.89. The highest BCUT2D eigenvalue weighted by Crippen LogP contribution is 2.23. The first kappa shape index (κ1) is 15.0. The zero-order valence-electron chi connectivity index (χ0n) is 13.4. The molecular formula is C17H18N4O2. The third-order valence-corrected chi connectivity index (χ3v) is 3.92. The molecule has 23 heavy (non-hydrogen) atoms. The second-order valence-corrected chi connectivity index (χ2v) is 5.35. The van der Waals surface area contributed by atoms with Crippen molar-refractivity contribution in [1.82, 2.24) is 19.6 Å². The summed E-state index contributed by atoms with van der Waals surface area (Å²) < 4.78 is 9.01. The standard InChI is InChI=1S/C17H18N4O2/c1-12-15(9-18-20(12)2)16-6-7-21(19-16)10-14-8-13(11-22)4-5-17(14)23-3/h4-9,11H,10H2,1-3H3. The molecule has 0 aliphatic heterocycles. The summed E-state index contributed by atoms with van der Waals surface area (Å²) in [5.74, 6) is 0.741. The maximum Gasteiger partial charge on any atom is 0.150 e. The number of nitrogens with zero attached hydrogens (tertiary/aromatic N) is 4. The molecule has 1 aromatic carbocycles. The van der Waals surface area contributed by atoms with Crippen LogP contribution in [0.15, 0.2) is 36.7 Å². The molecule has 0 aliphatic carbocycles. The van der Waals surface area contributed by atoms with E-state index >= 15 is 0 Å². The average Bonchev–Trinajstić information content (AvgIpc) is 3.15. The van der Waals surface area contributed by atoms with Crippen molar-refractivity contribution >= 4 is 6.29 Å². The summed E-state index contributed by atoms with van der Waals surface area (Å²) >= 11 is 0. The molecule has 0 bridgehead atoms. The maximum atomic E-state index is 11.0. The molecule has 0 amide bonds. The van der Waals surface area contributed by atoms with Crippen LogP contribution in [0, 0.1) is 6.92 Å². The third-order valence-electron chi connectivity index (χ3n) is 3.92. The monoisotopic (exact) mass is 310 g/mol. The quantitative estimate of drug-likeness (QED) is 0.679. The summed E-state index contributed by atoms with van der Waals surface area (Å²) in [4.78, 5) is 11.0. The Morgan fingerprint density at radius 1 is 1.30 bits per heavy atom. The summed E-state index contributed by atoms with van der Waals surface area (Å²) in [6, 6.07) is 7.32. The number of aldehydes is 1. The van der Waals surface area contributed by atoms with E-state index in [9.17, 15) is 4.79 Å². The Kier molecular flexibility index (Phi) is 3.97. The summed E-state index contributed by atoms with van der Waals surface area (Å²) in [6.45, 7) is 2.54. The number of aryl methyl sites for hydroxylation is 1. The molecule has 0 saturated carbocycles. The summed E-state index contributed by atoms with van der Waals surface area (Å²) in [5.41, 5.74) is 4.49. The molecule has 6 nitrogen and oxygen atoms in total. The van der Waals surface area contributed by atoms with E-state index in [0.29, 0.717) is 12.1 Å². The Balaban J connectivity index is 1.90. The van der Waals surface area contributed by atoms with Crippen LogP contribution >= 0.6 is 0 Å². The lowest BCUT2D eigenvalue weighted by Gasteiger charge is -2.09. The van der Waals surface area contributed by atoms with Gasteiger partial charge in [0.25, 0.3) is 0 Å². The van der Waals surface area contributed by atoms with Crippen molar-refractivity contribution < 1.29 is 9.53 Å². The Labute approximate surface area is 134 Å². The molecule has 0 aliphatic rings. The van der Waals surface area contributed by atoms with Crippen LogP contribution in [0.4, 0.5) is 0 Å². The molecule has 3 rings (SSSR count). The Morgan fingerprint density at radius 2 is 2.13 bits per heavy atom. The van der Waals surface area contributed by atoms with Gasteiger partial charge in [-0.15, -0.1) is 0 Å². The van der Waals surface area contributed by atoms with Crippen molar-refractivity contribution in [1.29, 1.82) is 0 Å². The lowest BCUT2D eigenvalue weighted by molar-refractivity contribution is 0.112. The number of carbonyl (C=O) groups is 1. The van der Waals surface area contributed by atoms with Crippen molar-refractivity contribution in [2.24, 2.45) is 7.05 Å². The fourth-order valence-corrected chi connectivity index (χ4v) is 2.51. The van der Waals surface area contributed by atoms with Crippen LogP contribution in [0.1, 0.15) is 21.6 Å². The van der Waals surface area contributed by atoms with E-state index in [2.05, 4.69) is 10.2 Å². The van der Waals surface area contributed by atoms with E-state index in [0.717, 1.165) is 34.6 Å². The largest absolute Gasteiger partial charge is 0.496 e. The molecule has 0 N–H and O–H groups in total. The lowest BCUT2D eigenvalue weighted by Crippen LogP contribution is -2.03. The minimum Gasteiger partial charge on any atom is -0.496 e. The predicted molar refractivity (Wildman–Crippen MR) is 86.6 cm³/mol. The number of aromatic nitrogens is 4. The van der Waals surface area contributed by atoms with Gasteiger partial charge in [0.15, 0.2) is 0 Å². The van der Waals surface area contributed by atoms with Crippen LogP contribution in [0.2, 0.25) is 0 Å². The molecule has 0 unspecified atom stereocenters. The normalized spacial score (nSPS) is 10.7. The van der Waals surface area contributed by atoms with Gasteiger partial charge in [0, 0.05) is 35.6 Å². The van der Waals surface area contributed by atoms with Gasteiger partial charge in [0.1, 0.15) is 12.0 Å². The SMILES string of the molecule is COc1ccc(C=O)cc1Cn1ccc(-c2cnn(C)c2C)n1. The van der Waals surface area contributed by atoms with Crippen molar-refractivity contribution in [3.05, 3.63) is 53.5 Å². The van der Waals surface area contributed by atoms with Crippen LogP contribution in [0.25, 0.3) is 11.3 Å². The molecule has 0 radical (unpaired) electrons. The first-order valence-corrected chi connectivity index (χ1v) is 7.27. The van der Waals surface area contributed by atoms with Crippen LogP contribution < -0.4 is 4.74 Å². The summed E-state index contributed by atoms with van der Waals surface area (Å²) in [7, 11) is 3.53. The molecule has 2 heterocycles. The van der Waals surface area contributed by atoms with E-state index < -0.39 is 0 Å². The minimum atomic E-state index is 0.532. The minimum absolute atomic E-state index is 0.532. The number of hydrogen-bond donors (Lipinski definition) is 0.